The summed E-state index contributed by atoms with van der Waals surface area (Å²) in [5.41, 5.74) is 7.37. The molecule has 1 atom stereocenters. The fourth-order valence-electron chi connectivity index (χ4n) is 2.66. The lowest BCUT2D eigenvalue weighted by atomic mass is 9.99. The molecule has 2 aromatic rings. The normalized spacial score (nSPS) is 13.9. The molecule has 1 unspecified atom stereocenters. The summed E-state index contributed by atoms with van der Waals surface area (Å²) < 4.78 is 3.74. The average molecular weight is 298 g/mol. The number of carbonyl (C=O) groups excluding carboxylic acids is 1. The first-order valence-corrected chi connectivity index (χ1v) is 6.93. The lowest BCUT2D eigenvalue weighted by Gasteiger charge is -2.28. The molecule has 0 aliphatic carbocycles. The largest absolute Gasteiger partial charge is 0.370 e. The van der Waals surface area contributed by atoms with Crippen molar-refractivity contribution < 1.29 is 4.79 Å². The third-order valence-electron chi connectivity index (χ3n) is 3.40. The van der Waals surface area contributed by atoms with Crippen molar-refractivity contribution in [2.24, 2.45) is 12.8 Å². The number of hydrogen-bond donors (Lipinski definition) is 1. The van der Waals surface area contributed by atoms with Gasteiger partial charge in [-0.2, -0.15) is 5.10 Å². The van der Waals surface area contributed by atoms with Crippen LogP contribution in [0, 0.1) is 6.92 Å². The van der Waals surface area contributed by atoms with Gasteiger partial charge in [-0.1, -0.05) is 0 Å². The smallest absolute Gasteiger partial charge is 0.219 e. The highest BCUT2D eigenvalue weighted by molar-refractivity contribution is 6.20. The van der Waals surface area contributed by atoms with Crippen LogP contribution in [0.4, 0.5) is 0 Å². The summed E-state index contributed by atoms with van der Waals surface area (Å²) in [4.78, 5) is 16.0. The monoisotopic (exact) mass is 297 g/mol. The van der Waals surface area contributed by atoms with E-state index in [1.807, 2.05) is 39.3 Å². The van der Waals surface area contributed by atoms with Gasteiger partial charge in [0.15, 0.2) is 5.65 Å². The van der Waals surface area contributed by atoms with Gasteiger partial charge in [0, 0.05) is 13.5 Å². The van der Waals surface area contributed by atoms with Crippen LogP contribution >= 0.6 is 11.6 Å². The quantitative estimate of drug-likeness (QED) is 0.877. The summed E-state index contributed by atoms with van der Waals surface area (Å²) in [6.45, 7) is 7.67. The van der Waals surface area contributed by atoms with E-state index in [0.29, 0.717) is 0 Å². The fraction of sp³-hybridized carbons (Fsp3) is 0.615. The number of nitrogens with two attached hydrogens (primary N) is 1. The first-order valence-electron chi connectivity index (χ1n) is 6.50. The van der Waals surface area contributed by atoms with E-state index >= 15 is 0 Å². The van der Waals surface area contributed by atoms with Crippen molar-refractivity contribution in [2.75, 3.05) is 0 Å². The molecule has 6 nitrogen and oxygen atoms in total. The topological polar surface area (TPSA) is 78.7 Å². The zero-order valence-electron chi connectivity index (χ0n) is 12.4. The van der Waals surface area contributed by atoms with Crippen molar-refractivity contribution in [1.82, 2.24) is 19.3 Å². The van der Waals surface area contributed by atoms with Crippen LogP contribution in [0.2, 0.25) is 0 Å². The van der Waals surface area contributed by atoms with Crippen LogP contribution in [0.3, 0.4) is 0 Å². The van der Waals surface area contributed by atoms with Crippen LogP contribution < -0.4 is 5.73 Å². The SMILES string of the molecule is Cc1nn(C)c2c1nc(C(C)Cl)n2C(C)(C)CC(N)=O. The predicted octanol–water partition coefficient (Wildman–Crippen LogP) is 1.99. The van der Waals surface area contributed by atoms with Gasteiger partial charge in [-0.05, 0) is 27.7 Å². The molecule has 0 saturated carbocycles. The highest BCUT2D eigenvalue weighted by Crippen LogP contribution is 2.33. The summed E-state index contributed by atoms with van der Waals surface area (Å²) in [5.74, 6) is 0.368. The number of nitrogens with zero attached hydrogens (tertiary/aromatic N) is 4. The summed E-state index contributed by atoms with van der Waals surface area (Å²) in [7, 11) is 1.86. The zero-order chi connectivity index (χ0) is 15.2. The Morgan fingerprint density at radius 1 is 1.50 bits per heavy atom. The van der Waals surface area contributed by atoms with Crippen molar-refractivity contribution in [2.45, 2.75) is 45.0 Å². The van der Waals surface area contributed by atoms with Gasteiger partial charge in [0.1, 0.15) is 11.3 Å². The Morgan fingerprint density at radius 3 is 2.60 bits per heavy atom. The Balaban J connectivity index is 2.77. The molecule has 110 valence electrons. The Bertz CT molecular complexity index is 668. The number of primary amides is 1. The standard InChI is InChI=1S/C13H20ClN5O/c1-7(14)11-16-10-8(2)17-18(5)12(10)19(11)13(3,4)6-9(15)20/h7H,6H2,1-5H3,(H2,15,20). The Hall–Kier alpha value is -1.56. The zero-order valence-corrected chi connectivity index (χ0v) is 13.2. The van der Waals surface area contributed by atoms with E-state index in [9.17, 15) is 4.79 Å². The second-order valence-electron chi connectivity index (χ2n) is 5.76. The summed E-state index contributed by atoms with van der Waals surface area (Å²) in [6.07, 6.45) is 0.208. The van der Waals surface area contributed by atoms with Crippen molar-refractivity contribution >= 4 is 28.7 Å². The minimum Gasteiger partial charge on any atom is -0.370 e. The van der Waals surface area contributed by atoms with E-state index in [1.165, 1.54) is 0 Å². The predicted molar refractivity (Wildman–Crippen MR) is 78.6 cm³/mol. The van der Waals surface area contributed by atoms with Crippen LogP contribution in [0.5, 0.6) is 0 Å². The first-order chi connectivity index (χ1) is 9.15. The third kappa shape index (κ3) is 2.28. The molecule has 0 radical (unpaired) electrons. The number of alkyl halides is 1. The number of aromatic nitrogens is 4. The van der Waals surface area contributed by atoms with Gasteiger partial charge in [0.25, 0.3) is 0 Å². The summed E-state index contributed by atoms with van der Waals surface area (Å²) in [6, 6.07) is 0. The van der Waals surface area contributed by atoms with E-state index in [1.54, 1.807) is 4.68 Å². The molecule has 20 heavy (non-hydrogen) atoms. The minimum absolute atomic E-state index is 0.208. The molecule has 7 heteroatoms. The molecule has 1 amide bonds. The van der Waals surface area contributed by atoms with Crippen molar-refractivity contribution in [3.63, 3.8) is 0 Å². The summed E-state index contributed by atoms with van der Waals surface area (Å²) in [5, 5.41) is 4.11. The molecule has 2 rings (SSSR count). The number of imidazole rings is 1. The second-order valence-corrected chi connectivity index (χ2v) is 6.41. The second kappa shape index (κ2) is 4.77. The maximum absolute atomic E-state index is 11.4. The van der Waals surface area contributed by atoms with Crippen molar-refractivity contribution in [1.29, 1.82) is 0 Å². The highest BCUT2D eigenvalue weighted by Gasteiger charge is 2.31. The number of hydrogen-bond acceptors (Lipinski definition) is 3. The van der Waals surface area contributed by atoms with Gasteiger partial charge in [0.05, 0.1) is 16.6 Å². The molecule has 0 spiro atoms. The maximum atomic E-state index is 11.4. The van der Waals surface area contributed by atoms with E-state index < -0.39 is 5.54 Å². The molecule has 0 fully saturated rings. The Labute approximate surface area is 122 Å². The number of aryl methyl sites for hydroxylation is 2. The molecule has 2 aromatic heterocycles. The van der Waals surface area contributed by atoms with Gasteiger partial charge in [0.2, 0.25) is 5.91 Å². The number of amides is 1. The molecular weight excluding hydrogens is 278 g/mol. The minimum atomic E-state index is -0.515. The van der Waals surface area contributed by atoms with Crippen molar-refractivity contribution in [3.8, 4) is 0 Å². The molecule has 0 aliphatic rings. The summed E-state index contributed by atoms with van der Waals surface area (Å²) >= 11 is 6.25. The van der Waals surface area contributed by atoms with Gasteiger partial charge < -0.3 is 10.3 Å². The number of fused-ring (bicyclic) bond motifs is 1. The van der Waals surface area contributed by atoms with Crippen LogP contribution in [0.15, 0.2) is 0 Å². The fourth-order valence-corrected chi connectivity index (χ4v) is 2.80. The molecule has 2 heterocycles. The van der Waals surface area contributed by atoms with E-state index in [-0.39, 0.29) is 17.7 Å². The van der Waals surface area contributed by atoms with Crippen molar-refractivity contribution in [3.05, 3.63) is 11.5 Å². The number of rotatable bonds is 4. The molecule has 0 aliphatic heterocycles. The van der Waals surface area contributed by atoms with Gasteiger partial charge in [-0.25, -0.2) is 4.98 Å². The first kappa shape index (κ1) is 14.8. The Kier molecular flexibility index (Phi) is 3.54. The molecular formula is C13H20ClN5O. The Morgan fingerprint density at radius 2 is 2.10 bits per heavy atom. The van der Waals surface area contributed by atoms with Crippen LogP contribution in [-0.2, 0) is 17.4 Å². The molecule has 0 saturated heterocycles. The van der Waals surface area contributed by atoms with Gasteiger partial charge >= 0.3 is 0 Å². The lowest BCUT2D eigenvalue weighted by molar-refractivity contribution is -0.119. The van der Waals surface area contributed by atoms with Crippen LogP contribution in [0.1, 0.15) is 44.1 Å². The van der Waals surface area contributed by atoms with Crippen LogP contribution in [0.25, 0.3) is 11.2 Å². The number of carbonyl (C=O) groups is 1. The van der Waals surface area contributed by atoms with E-state index in [0.717, 1.165) is 22.7 Å². The molecule has 0 bridgehead atoms. The number of halogens is 1. The van der Waals surface area contributed by atoms with Gasteiger partial charge in [-0.15, -0.1) is 11.6 Å². The van der Waals surface area contributed by atoms with Gasteiger partial charge in [-0.3, -0.25) is 9.48 Å². The van der Waals surface area contributed by atoms with E-state index in [2.05, 4.69) is 10.1 Å². The lowest BCUT2D eigenvalue weighted by Crippen LogP contribution is -2.34. The highest BCUT2D eigenvalue weighted by atomic mass is 35.5. The maximum Gasteiger partial charge on any atom is 0.219 e. The third-order valence-corrected chi connectivity index (χ3v) is 3.59. The van der Waals surface area contributed by atoms with E-state index in [4.69, 9.17) is 17.3 Å². The van der Waals surface area contributed by atoms with Crippen LogP contribution in [-0.4, -0.2) is 25.2 Å². The molecule has 2 N–H and O–H groups in total. The average Bonchev–Trinajstić information content (AvgIpc) is 2.77. The molecule has 0 aromatic carbocycles.